The second kappa shape index (κ2) is 4.48. The fraction of sp³-hybridized carbons (Fsp3) is 0.333. The number of pyridine rings is 1. The molecule has 0 aliphatic carbocycles. The van der Waals surface area contributed by atoms with Gasteiger partial charge in [0.2, 0.25) is 0 Å². The lowest BCUT2D eigenvalue weighted by atomic mass is 10.1. The van der Waals surface area contributed by atoms with Crippen molar-refractivity contribution >= 4 is 5.97 Å². The zero-order chi connectivity index (χ0) is 12.3. The first-order valence-electron chi connectivity index (χ1n) is 4.22. The topological polar surface area (TPSA) is 70.4 Å². The second-order valence-electron chi connectivity index (χ2n) is 3.09. The van der Waals surface area contributed by atoms with Gasteiger partial charge in [0.15, 0.2) is 0 Å². The Hall–Kier alpha value is -1.63. The maximum atomic E-state index is 12.1. The Morgan fingerprint density at radius 2 is 2.06 bits per heavy atom. The van der Waals surface area contributed by atoms with Crippen LogP contribution >= 0.6 is 0 Å². The molecule has 0 saturated heterocycles. The number of nitrogens with zero attached hydrogens (tertiary/aromatic N) is 1. The fourth-order valence-electron chi connectivity index (χ4n) is 1.17. The lowest BCUT2D eigenvalue weighted by Crippen LogP contribution is -2.15. The third kappa shape index (κ3) is 3.20. The Bertz CT molecular complexity index is 403. The van der Waals surface area contributed by atoms with E-state index in [9.17, 15) is 18.0 Å². The Morgan fingerprint density at radius 3 is 2.50 bits per heavy atom. The summed E-state index contributed by atoms with van der Waals surface area (Å²) in [4.78, 5) is 14.0. The lowest BCUT2D eigenvalue weighted by molar-refractivity contribution is -0.127. The minimum atomic E-state index is -4.47. The smallest absolute Gasteiger partial charge is 0.393 e. The van der Waals surface area contributed by atoms with Crippen LogP contribution in [0.3, 0.4) is 0 Å². The molecule has 1 heterocycles. The number of aromatic nitrogens is 1. The molecular weight excluding hydrogens is 227 g/mol. The van der Waals surface area contributed by atoms with Crippen LogP contribution in [0.1, 0.15) is 21.6 Å². The van der Waals surface area contributed by atoms with Gasteiger partial charge in [-0.05, 0) is 11.6 Å². The first kappa shape index (κ1) is 12.4. The highest BCUT2D eigenvalue weighted by Crippen LogP contribution is 2.23. The summed E-state index contributed by atoms with van der Waals surface area (Å²) in [6, 6.07) is 0.869. The van der Waals surface area contributed by atoms with Gasteiger partial charge in [0.05, 0.1) is 24.3 Å². The van der Waals surface area contributed by atoms with Crippen molar-refractivity contribution in [3.8, 4) is 0 Å². The highest BCUT2D eigenvalue weighted by atomic mass is 19.4. The third-order valence-electron chi connectivity index (χ3n) is 1.85. The molecule has 1 aromatic heterocycles. The zero-order valence-corrected chi connectivity index (χ0v) is 7.95. The van der Waals surface area contributed by atoms with Gasteiger partial charge in [-0.3, -0.25) is 4.98 Å². The van der Waals surface area contributed by atoms with Crippen molar-refractivity contribution < 1.29 is 28.2 Å². The van der Waals surface area contributed by atoms with Gasteiger partial charge in [0, 0.05) is 6.20 Å². The van der Waals surface area contributed by atoms with Crippen LogP contribution in [0.2, 0.25) is 0 Å². The van der Waals surface area contributed by atoms with Crippen LogP contribution < -0.4 is 0 Å². The molecule has 0 saturated carbocycles. The van der Waals surface area contributed by atoms with E-state index in [-0.39, 0.29) is 16.8 Å². The van der Waals surface area contributed by atoms with Crippen molar-refractivity contribution in [1.82, 2.24) is 4.98 Å². The van der Waals surface area contributed by atoms with Crippen molar-refractivity contribution in [3.63, 3.8) is 0 Å². The summed E-state index contributed by atoms with van der Waals surface area (Å²) in [6.45, 7) is -0.661. The van der Waals surface area contributed by atoms with E-state index in [1.54, 1.807) is 0 Å². The number of alkyl halides is 3. The zero-order valence-electron chi connectivity index (χ0n) is 7.95. The Labute approximate surface area is 88.4 Å². The van der Waals surface area contributed by atoms with Gasteiger partial charge >= 0.3 is 12.1 Å². The molecule has 0 bridgehead atoms. The normalized spacial score (nSPS) is 11.5. The number of halogens is 3. The number of rotatable bonds is 3. The van der Waals surface area contributed by atoms with Crippen molar-refractivity contribution in [2.75, 3.05) is 0 Å². The van der Waals surface area contributed by atoms with Crippen LogP contribution in [-0.4, -0.2) is 27.3 Å². The fourth-order valence-corrected chi connectivity index (χ4v) is 1.17. The van der Waals surface area contributed by atoms with Crippen molar-refractivity contribution in [2.24, 2.45) is 0 Å². The largest absolute Gasteiger partial charge is 0.478 e. The number of hydrogen-bond acceptors (Lipinski definition) is 3. The summed E-state index contributed by atoms with van der Waals surface area (Å²) in [5, 5.41) is 17.4. The van der Waals surface area contributed by atoms with Crippen LogP contribution in [0.5, 0.6) is 0 Å². The molecule has 0 aliphatic heterocycles. The summed E-state index contributed by atoms with van der Waals surface area (Å²) in [5.41, 5.74) is -0.825. The molecule has 2 N–H and O–H groups in total. The average Bonchev–Trinajstić information content (AvgIpc) is 2.15. The Morgan fingerprint density at radius 1 is 1.44 bits per heavy atom. The second-order valence-corrected chi connectivity index (χ2v) is 3.09. The molecule has 0 unspecified atom stereocenters. The van der Waals surface area contributed by atoms with Crippen LogP contribution in [0.4, 0.5) is 13.2 Å². The minimum Gasteiger partial charge on any atom is -0.478 e. The highest BCUT2D eigenvalue weighted by Gasteiger charge is 2.29. The molecule has 88 valence electrons. The molecule has 0 amide bonds. The summed E-state index contributed by atoms with van der Waals surface area (Å²) in [7, 11) is 0. The number of carbonyl (C=O) groups is 1. The van der Waals surface area contributed by atoms with Gasteiger partial charge in [-0.1, -0.05) is 0 Å². The van der Waals surface area contributed by atoms with E-state index in [1.807, 2.05) is 0 Å². The quantitative estimate of drug-likeness (QED) is 0.830. The predicted molar refractivity (Wildman–Crippen MR) is 46.9 cm³/mol. The van der Waals surface area contributed by atoms with Crippen LogP contribution in [0.15, 0.2) is 12.3 Å². The van der Waals surface area contributed by atoms with E-state index in [0.29, 0.717) is 0 Å². The maximum Gasteiger partial charge on any atom is 0.393 e. The number of carboxylic acid groups (broad SMARTS) is 1. The minimum absolute atomic E-state index is 0.165. The number of aliphatic hydroxyl groups excluding tert-OH is 1. The summed E-state index contributed by atoms with van der Waals surface area (Å²) < 4.78 is 36.4. The van der Waals surface area contributed by atoms with Gasteiger partial charge < -0.3 is 10.2 Å². The maximum absolute atomic E-state index is 12.1. The average molecular weight is 235 g/mol. The van der Waals surface area contributed by atoms with E-state index in [2.05, 4.69) is 4.98 Å². The first-order valence-corrected chi connectivity index (χ1v) is 4.22. The van der Waals surface area contributed by atoms with Crippen molar-refractivity contribution in [1.29, 1.82) is 0 Å². The van der Waals surface area contributed by atoms with Gasteiger partial charge in [-0.25, -0.2) is 4.79 Å². The third-order valence-corrected chi connectivity index (χ3v) is 1.85. The molecule has 0 radical (unpaired) electrons. The Balaban J connectivity index is 3.12. The molecule has 1 aromatic rings. The summed E-state index contributed by atoms with van der Waals surface area (Å²) in [6.07, 6.45) is -4.87. The summed E-state index contributed by atoms with van der Waals surface area (Å²) in [5.74, 6) is -1.36. The van der Waals surface area contributed by atoms with Crippen LogP contribution in [-0.2, 0) is 13.0 Å². The molecule has 16 heavy (non-hydrogen) atoms. The molecule has 0 atom stereocenters. The van der Waals surface area contributed by atoms with E-state index in [1.165, 1.54) is 0 Å². The molecule has 0 aromatic carbocycles. The highest BCUT2D eigenvalue weighted by molar-refractivity contribution is 5.87. The first-order chi connectivity index (χ1) is 7.33. The van der Waals surface area contributed by atoms with Gasteiger partial charge in [0.25, 0.3) is 0 Å². The van der Waals surface area contributed by atoms with E-state index in [0.717, 1.165) is 12.3 Å². The van der Waals surface area contributed by atoms with Crippen molar-refractivity contribution in [2.45, 2.75) is 19.2 Å². The molecule has 0 aliphatic rings. The molecule has 4 nitrogen and oxygen atoms in total. The van der Waals surface area contributed by atoms with Gasteiger partial charge in [0.1, 0.15) is 0 Å². The molecule has 0 fully saturated rings. The molecule has 0 spiro atoms. The number of carboxylic acids is 1. The number of aromatic carboxylic acids is 1. The van der Waals surface area contributed by atoms with Gasteiger partial charge in [-0.15, -0.1) is 0 Å². The number of aliphatic hydroxyl groups is 1. The molecule has 7 heteroatoms. The van der Waals surface area contributed by atoms with Crippen molar-refractivity contribution in [3.05, 3.63) is 29.1 Å². The molecular formula is C9H8F3NO3. The predicted octanol–water partition coefficient (Wildman–Crippen LogP) is 1.38. The monoisotopic (exact) mass is 235 g/mol. The Kier molecular flexibility index (Phi) is 3.48. The lowest BCUT2D eigenvalue weighted by Gasteiger charge is -2.10. The van der Waals surface area contributed by atoms with E-state index < -0.39 is 25.2 Å². The van der Waals surface area contributed by atoms with Crippen LogP contribution in [0.25, 0.3) is 0 Å². The molecule has 1 rings (SSSR count). The SMILES string of the molecule is O=C(O)c1cnc(CO)c(CC(F)(F)F)c1. The number of hydrogen-bond donors (Lipinski definition) is 2. The van der Waals surface area contributed by atoms with Crippen LogP contribution in [0, 0.1) is 0 Å². The summed E-state index contributed by atoms with van der Waals surface area (Å²) >= 11 is 0. The standard InChI is InChI=1S/C9H8F3NO3/c10-9(11,12)2-5-1-6(8(15)16)3-13-7(5)4-14/h1,3,14H,2,4H2,(H,15,16). The van der Waals surface area contributed by atoms with E-state index >= 15 is 0 Å². The van der Waals surface area contributed by atoms with Gasteiger partial charge in [-0.2, -0.15) is 13.2 Å². The van der Waals surface area contributed by atoms with E-state index in [4.69, 9.17) is 10.2 Å².